The first kappa shape index (κ1) is 23.7. The van der Waals surface area contributed by atoms with E-state index < -0.39 is 42.7 Å². The molecule has 5 atom stereocenters. The van der Waals surface area contributed by atoms with Crippen molar-refractivity contribution in [1.82, 2.24) is 5.32 Å². The summed E-state index contributed by atoms with van der Waals surface area (Å²) >= 11 is 0. The van der Waals surface area contributed by atoms with Gasteiger partial charge in [0.15, 0.2) is 6.29 Å². The third-order valence-corrected chi connectivity index (χ3v) is 4.93. The smallest absolute Gasteiger partial charge is 0.407 e. The monoisotopic (exact) mass is 445 g/mol. The third kappa shape index (κ3) is 6.76. The number of alkyl carbamates (subject to hydrolysis) is 1. The van der Waals surface area contributed by atoms with Crippen LogP contribution in [0.25, 0.3) is 0 Å². The van der Waals surface area contributed by atoms with Gasteiger partial charge in [0, 0.05) is 6.92 Å². The van der Waals surface area contributed by atoms with Crippen LogP contribution in [0, 0.1) is 0 Å². The van der Waals surface area contributed by atoms with Crippen molar-refractivity contribution in [2.45, 2.75) is 50.8 Å². The van der Waals surface area contributed by atoms with Gasteiger partial charge in [-0.25, -0.2) is 4.79 Å². The summed E-state index contributed by atoms with van der Waals surface area (Å²) in [5.74, 6) is -0.554. The molecule has 1 amide bonds. The average molecular weight is 445 g/mol. The quantitative estimate of drug-likeness (QED) is 0.523. The third-order valence-electron chi connectivity index (χ3n) is 4.93. The van der Waals surface area contributed by atoms with Gasteiger partial charge in [-0.3, -0.25) is 4.79 Å². The number of nitrogens with one attached hydrogen (secondary N) is 1. The van der Waals surface area contributed by atoms with Crippen LogP contribution in [0.5, 0.6) is 0 Å². The van der Waals surface area contributed by atoms with Crippen molar-refractivity contribution in [2.24, 2.45) is 0 Å². The van der Waals surface area contributed by atoms with Crippen molar-refractivity contribution in [3.05, 3.63) is 71.8 Å². The molecular formula is C23H27NO8. The molecule has 2 aromatic carbocycles. The van der Waals surface area contributed by atoms with Gasteiger partial charge in [0.05, 0.1) is 6.61 Å². The number of amides is 1. The van der Waals surface area contributed by atoms with E-state index in [0.717, 1.165) is 11.1 Å². The molecule has 0 radical (unpaired) electrons. The number of carbonyl (C=O) groups excluding carboxylic acids is 2. The zero-order valence-electron chi connectivity index (χ0n) is 17.6. The number of rotatable bonds is 8. The van der Waals surface area contributed by atoms with E-state index in [9.17, 15) is 19.8 Å². The van der Waals surface area contributed by atoms with Crippen molar-refractivity contribution >= 4 is 12.1 Å². The van der Waals surface area contributed by atoms with Gasteiger partial charge >= 0.3 is 12.1 Å². The number of aliphatic hydroxyl groups is 2. The lowest BCUT2D eigenvalue weighted by Crippen LogP contribution is -2.65. The lowest BCUT2D eigenvalue weighted by atomic mass is 9.96. The minimum Gasteiger partial charge on any atom is -0.463 e. The van der Waals surface area contributed by atoms with Crippen LogP contribution in [-0.2, 0) is 37.0 Å². The van der Waals surface area contributed by atoms with Gasteiger partial charge in [-0.2, -0.15) is 0 Å². The summed E-state index contributed by atoms with van der Waals surface area (Å²) < 4.78 is 21.4. The molecule has 0 bridgehead atoms. The molecule has 0 unspecified atom stereocenters. The summed E-state index contributed by atoms with van der Waals surface area (Å²) in [5.41, 5.74) is 1.63. The lowest BCUT2D eigenvalue weighted by molar-refractivity contribution is -0.264. The molecule has 9 nitrogen and oxygen atoms in total. The molecule has 1 heterocycles. The number of aliphatic hydroxyl groups excluding tert-OH is 2. The highest BCUT2D eigenvalue weighted by atomic mass is 16.6. The fraction of sp³-hybridized carbons (Fsp3) is 0.391. The van der Waals surface area contributed by atoms with E-state index in [4.69, 9.17) is 18.9 Å². The van der Waals surface area contributed by atoms with Crippen molar-refractivity contribution in [3.63, 3.8) is 0 Å². The highest BCUT2D eigenvalue weighted by Crippen LogP contribution is 2.24. The average Bonchev–Trinajstić information content (AvgIpc) is 2.80. The topological polar surface area (TPSA) is 124 Å². The van der Waals surface area contributed by atoms with Crippen LogP contribution in [0.3, 0.4) is 0 Å². The Balaban J connectivity index is 1.67. The van der Waals surface area contributed by atoms with Gasteiger partial charge in [0.25, 0.3) is 0 Å². The highest BCUT2D eigenvalue weighted by molar-refractivity contribution is 5.68. The van der Waals surface area contributed by atoms with Crippen molar-refractivity contribution in [2.75, 3.05) is 6.61 Å². The van der Waals surface area contributed by atoms with E-state index in [1.165, 1.54) is 6.92 Å². The maximum atomic E-state index is 12.3. The zero-order valence-corrected chi connectivity index (χ0v) is 17.6. The summed E-state index contributed by atoms with van der Waals surface area (Å²) in [6.45, 7) is 1.10. The van der Waals surface area contributed by atoms with E-state index in [2.05, 4.69) is 5.32 Å². The molecule has 1 aliphatic rings. The van der Waals surface area contributed by atoms with Crippen molar-refractivity contribution < 1.29 is 38.7 Å². The van der Waals surface area contributed by atoms with Crippen LogP contribution < -0.4 is 5.32 Å². The van der Waals surface area contributed by atoms with Gasteiger partial charge in [-0.1, -0.05) is 60.7 Å². The van der Waals surface area contributed by atoms with Crippen LogP contribution in [0.15, 0.2) is 60.7 Å². The van der Waals surface area contributed by atoms with E-state index in [0.29, 0.717) is 0 Å². The van der Waals surface area contributed by atoms with Crippen LogP contribution in [0.1, 0.15) is 18.1 Å². The Bertz CT molecular complexity index is 863. The summed E-state index contributed by atoms with van der Waals surface area (Å²) in [6.07, 6.45) is -5.71. The first-order valence-electron chi connectivity index (χ1n) is 10.2. The maximum Gasteiger partial charge on any atom is 0.407 e. The number of hydrogen-bond acceptors (Lipinski definition) is 8. The highest BCUT2D eigenvalue weighted by Gasteiger charge is 2.46. The molecule has 0 aliphatic carbocycles. The van der Waals surface area contributed by atoms with Gasteiger partial charge in [0.2, 0.25) is 0 Å². The fourth-order valence-electron chi connectivity index (χ4n) is 3.29. The summed E-state index contributed by atoms with van der Waals surface area (Å²) in [6, 6.07) is 17.2. The van der Waals surface area contributed by atoms with Gasteiger partial charge in [0.1, 0.15) is 37.6 Å². The largest absolute Gasteiger partial charge is 0.463 e. The molecule has 9 heteroatoms. The normalized spacial score (nSPS) is 25.0. The fourth-order valence-corrected chi connectivity index (χ4v) is 3.29. The van der Waals surface area contributed by atoms with Gasteiger partial charge in [-0.05, 0) is 11.1 Å². The summed E-state index contributed by atoms with van der Waals surface area (Å²) in [7, 11) is 0. The summed E-state index contributed by atoms with van der Waals surface area (Å²) in [4.78, 5) is 23.5. The Morgan fingerprint density at radius 1 is 0.938 bits per heavy atom. The first-order valence-corrected chi connectivity index (χ1v) is 10.2. The predicted octanol–water partition coefficient (Wildman–Crippen LogP) is 1.51. The zero-order chi connectivity index (χ0) is 22.9. The van der Waals surface area contributed by atoms with E-state index >= 15 is 0 Å². The second-order valence-electron chi connectivity index (χ2n) is 7.35. The second-order valence-corrected chi connectivity index (χ2v) is 7.35. The Labute approximate surface area is 185 Å². The Morgan fingerprint density at radius 3 is 2.12 bits per heavy atom. The molecule has 1 saturated heterocycles. The van der Waals surface area contributed by atoms with E-state index in [1.807, 2.05) is 48.5 Å². The second kappa shape index (κ2) is 11.6. The molecule has 32 heavy (non-hydrogen) atoms. The lowest BCUT2D eigenvalue weighted by Gasteiger charge is -2.42. The van der Waals surface area contributed by atoms with Gasteiger partial charge < -0.3 is 34.5 Å². The Morgan fingerprint density at radius 2 is 1.53 bits per heavy atom. The Kier molecular flexibility index (Phi) is 8.57. The molecule has 3 rings (SSSR count). The molecule has 1 aliphatic heterocycles. The van der Waals surface area contributed by atoms with Crippen LogP contribution >= 0.6 is 0 Å². The first-order chi connectivity index (χ1) is 15.4. The maximum absolute atomic E-state index is 12.3. The minimum absolute atomic E-state index is 0.0313. The van der Waals surface area contributed by atoms with Crippen LogP contribution in [0.4, 0.5) is 4.79 Å². The number of carbonyl (C=O) groups is 2. The number of hydrogen-bond donors (Lipinski definition) is 3. The van der Waals surface area contributed by atoms with Crippen LogP contribution in [0.2, 0.25) is 0 Å². The minimum atomic E-state index is -1.52. The van der Waals surface area contributed by atoms with E-state index in [1.54, 1.807) is 12.1 Å². The molecule has 1 fully saturated rings. The molecule has 2 aromatic rings. The standard InChI is InChI=1S/C23H27NO8/c1-15(25)29-14-18-20(26)21(30-12-16-8-4-2-5-9-16)19(22(27)32-18)24-23(28)31-13-17-10-6-3-7-11-17/h2-11,18-22,26-27H,12-14H2,1H3,(H,24,28)/t18-,19-,20-,21-,22+/m1/s1. The predicted molar refractivity (Wildman–Crippen MR) is 112 cm³/mol. The number of esters is 1. The van der Waals surface area contributed by atoms with Crippen molar-refractivity contribution in [1.29, 1.82) is 0 Å². The molecule has 0 aromatic heterocycles. The van der Waals surface area contributed by atoms with E-state index in [-0.39, 0.29) is 19.8 Å². The molecule has 3 N–H and O–H groups in total. The molecular weight excluding hydrogens is 418 g/mol. The van der Waals surface area contributed by atoms with Gasteiger partial charge in [-0.15, -0.1) is 0 Å². The van der Waals surface area contributed by atoms with Crippen LogP contribution in [-0.4, -0.2) is 59.5 Å². The number of benzene rings is 2. The van der Waals surface area contributed by atoms with Crippen molar-refractivity contribution in [3.8, 4) is 0 Å². The summed E-state index contributed by atoms with van der Waals surface area (Å²) in [5, 5.41) is 23.8. The molecule has 172 valence electrons. The molecule has 0 saturated carbocycles. The number of ether oxygens (including phenoxy) is 4. The molecule has 0 spiro atoms. The Hall–Kier alpha value is -2.98. The SMILES string of the molecule is CC(=O)OC[C@H]1O[C@H](O)[C@H](NC(=O)OCc2ccccc2)[C@@H](OCc2ccccc2)[C@@H]1O.